The van der Waals surface area contributed by atoms with E-state index in [9.17, 15) is 4.79 Å². The number of hydrogen-bond acceptors (Lipinski definition) is 5. The molecule has 0 bridgehead atoms. The minimum Gasteiger partial charge on any atom is -0.497 e. The molecule has 5 nitrogen and oxygen atoms in total. The van der Waals surface area contributed by atoms with Crippen LogP contribution in [-0.2, 0) is 0 Å². The molecule has 0 aliphatic carbocycles. The van der Waals surface area contributed by atoms with E-state index < -0.39 is 0 Å². The van der Waals surface area contributed by atoms with Crippen molar-refractivity contribution >= 4 is 33.1 Å². The number of anilines is 1. The number of aromatic nitrogens is 1. The Morgan fingerprint density at radius 3 is 2.56 bits per heavy atom. The molecule has 0 spiro atoms. The van der Waals surface area contributed by atoms with Gasteiger partial charge in [-0.2, -0.15) is 0 Å². The topological polar surface area (TPSA) is 68.5 Å². The largest absolute Gasteiger partial charge is 0.497 e. The van der Waals surface area contributed by atoms with E-state index in [1.54, 1.807) is 7.11 Å². The zero-order valence-electron chi connectivity index (χ0n) is 14.0. The van der Waals surface area contributed by atoms with Crippen molar-refractivity contribution in [1.82, 2.24) is 9.88 Å². The smallest absolute Gasteiger partial charge is 0.266 e. The Balaban J connectivity index is 1.71. The molecule has 2 aromatic heterocycles. The van der Waals surface area contributed by atoms with Gasteiger partial charge in [0, 0.05) is 24.0 Å². The van der Waals surface area contributed by atoms with Crippen molar-refractivity contribution in [2.75, 3.05) is 25.9 Å². The standard InChI is InChI=1S/C19H19N3O2S/c1-24-13-6-4-12(5-7-13)15-9-8-14-16(20)17(25-18(14)21-15)19(23)22-10-2-3-11-22/h4-9H,2-3,10-11,20H2,1H3. The number of fused-ring (bicyclic) bond motifs is 1. The Morgan fingerprint density at radius 1 is 1.16 bits per heavy atom. The normalized spacial score (nSPS) is 14.2. The minimum absolute atomic E-state index is 0.0315. The van der Waals surface area contributed by atoms with Crippen molar-refractivity contribution < 1.29 is 9.53 Å². The average Bonchev–Trinajstić information content (AvgIpc) is 3.29. The van der Waals surface area contributed by atoms with Gasteiger partial charge in [-0.1, -0.05) is 0 Å². The van der Waals surface area contributed by atoms with E-state index in [4.69, 9.17) is 15.5 Å². The highest BCUT2D eigenvalue weighted by molar-refractivity contribution is 7.21. The first-order valence-corrected chi connectivity index (χ1v) is 9.12. The molecular weight excluding hydrogens is 334 g/mol. The number of carbonyl (C=O) groups excluding carboxylic acids is 1. The lowest BCUT2D eigenvalue weighted by atomic mass is 10.1. The number of nitrogens with two attached hydrogens (primary N) is 1. The van der Waals surface area contributed by atoms with Gasteiger partial charge in [0.1, 0.15) is 15.5 Å². The lowest BCUT2D eigenvalue weighted by Gasteiger charge is -2.13. The molecular formula is C19H19N3O2S. The second kappa shape index (κ2) is 6.37. The Kier molecular flexibility index (Phi) is 4.05. The summed E-state index contributed by atoms with van der Waals surface area (Å²) in [7, 11) is 1.65. The van der Waals surface area contributed by atoms with Crippen LogP contribution in [0.2, 0.25) is 0 Å². The molecule has 0 saturated carbocycles. The molecule has 3 heterocycles. The number of methoxy groups -OCH3 is 1. The first kappa shape index (κ1) is 15.9. The third-order valence-corrected chi connectivity index (χ3v) is 5.67. The van der Waals surface area contributed by atoms with Crippen molar-refractivity contribution in [2.24, 2.45) is 0 Å². The second-order valence-corrected chi connectivity index (χ2v) is 7.12. The lowest BCUT2D eigenvalue weighted by Crippen LogP contribution is -2.27. The molecule has 1 aromatic carbocycles. The monoisotopic (exact) mass is 353 g/mol. The van der Waals surface area contributed by atoms with Crippen molar-refractivity contribution in [1.29, 1.82) is 0 Å². The third-order valence-electron chi connectivity index (χ3n) is 4.57. The summed E-state index contributed by atoms with van der Waals surface area (Å²) in [5, 5.41) is 0.852. The number of benzene rings is 1. The number of rotatable bonds is 3. The average molecular weight is 353 g/mol. The van der Waals surface area contributed by atoms with Gasteiger partial charge < -0.3 is 15.4 Å². The van der Waals surface area contributed by atoms with E-state index >= 15 is 0 Å². The summed E-state index contributed by atoms with van der Waals surface area (Å²) in [5.74, 6) is 0.840. The number of ether oxygens (including phenoxy) is 1. The highest BCUT2D eigenvalue weighted by Crippen LogP contribution is 2.35. The summed E-state index contributed by atoms with van der Waals surface area (Å²) < 4.78 is 5.19. The van der Waals surface area contributed by atoms with Crippen LogP contribution in [0.3, 0.4) is 0 Å². The van der Waals surface area contributed by atoms with Gasteiger partial charge in [0.05, 0.1) is 18.5 Å². The molecule has 0 unspecified atom stereocenters. The fraction of sp³-hybridized carbons (Fsp3) is 0.263. The van der Waals surface area contributed by atoms with Crippen LogP contribution >= 0.6 is 11.3 Å². The van der Waals surface area contributed by atoms with Gasteiger partial charge >= 0.3 is 0 Å². The molecule has 128 valence electrons. The Labute approximate surface area is 150 Å². The quantitative estimate of drug-likeness (QED) is 0.778. The van der Waals surface area contributed by atoms with Gasteiger partial charge in [0.25, 0.3) is 5.91 Å². The number of thiophene rings is 1. The van der Waals surface area contributed by atoms with E-state index in [0.717, 1.165) is 53.2 Å². The summed E-state index contributed by atoms with van der Waals surface area (Å²) in [6.45, 7) is 1.63. The zero-order valence-corrected chi connectivity index (χ0v) is 14.8. The molecule has 1 fully saturated rings. The molecule has 1 saturated heterocycles. The van der Waals surface area contributed by atoms with Crippen molar-refractivity contribution in [2.45, 2.75) is 12.8 Å². The van der Waals surface area contributed by atoms with Gasteiger partial charge in [0.15, 0.2) is 0 Å². The Hall–Kier alpha value is -2.60. The second-order valence-electron chi connectivity index (χ2n) is 6.12. The molecule has 25 heavy (non-hydrogen) atoms. The predicted octanol–water partition coefficient (Wildman–Crippen LogP) is 3.79. The first-order valence-electron chi connectivity index (χ1n) is 8.30. The molecule has 0 radical (unpaired) electrons. The highest BCUT2D eigenvalue weighted by atomic mass is 32.1. The summed E-state index contributed by atoms with van der Waals surface area (Å²) >= 11 is 1.38. The molecule has 3 aromatic rings. The third kappa shape index (κ3) is 2.82. The van der Waals surface area contributed by atoms with Crippen LogP contribution in [0.4, 0.5) is 5.69 Å². The van der Waals surface area contributed by atoms with Crippen molar-refractivity contribution in [3.8, 4) is 17.0 Å². The fourth-order valence-electron chi connectivity index (χ4n) is 3.14. The number of likely N-dealkylation sites (tertiary alicyclic amines) is 1. The Bertz CT molecular complexity index is 928. The molecule has 1 aliphatic heterocycles. The summed E-state index contributed by atoms with van der Waals surface area (Å²) in [6.07, 6.45) is 2.13. The summed E-state index contributed by atoms with van der Waals surface area (Å²) in [5.41, 5.74) is 8.65. The van der Waals surface area contributed by atoms with Crippen molar-refractivity contribution in [3.63, 3.8) is 0 Å². The van der Waals surface area contributed by atoms with Gasteiger partial charge in [-0.25, -0.2) is 4.98 Å². The van der Waals surface area contributed by atoms with E-state index in [-0.39, 0.29) is 5.91 Å². The van der Waals surface area contributed by atoms with Crippen LogP contribution in [0.1, 0.15) is 22.5 Å². The molecule has 0 atom stereocenters. The van der Waals surface area contributed by atoms with Crippen LogP contribution < -0.4 is 10.5 Å². The van der Waals surface area contributed by atoms with Crippen LogP contribution in [0, 0.1) is 0 Å². The number of amides is 1. The van der Waals surface area contributed by atoms with Crippen LogP contribution in [0.25, 0.3) is 21.5 Å². The molecule has 6 heteroatoms. The van der Waals surface area contributed by atoms with Crippen LogP contribution in [-0.4, -0.2) is 36.0 Å². The number of hydrogen-bond donors (Lipinski definition) is 1. The number of nitrogens with zero attached hydrogens (tertiary/aromatic N) is 2. The van der Waals surface area contributed by atoms with E-state index in [2.05, 4.69) is 0 Å². The van der Waals surface area contributed by atoms with Gasteiger partial charge in [-0.3, -0.25) is 4.79 Å². The van der Waals surface area contributed by atoms with E-state index in [0.29, 0.717) is 10.6 Å². The maximum absolute atomic E-state index is 12.7. The van der Waals surface area contributed by atoms with Crippen LogP contribution in [0.15, 0.2) is 36.4 Å². The minimum atomic E-state index is 0.0315. The predicted molar refractivity (Wildman–Crippen MR) is 101 cm³/mol. The van der Waals surface area contributed by atoms with Crippen molar-refractivity contribution in [3.05, 3.63) is 41.3 Å². The van der Waals surface area contributed by atoms with Gasteiger partial charge in [-0.15, -0.1) is 11.3 Å². The number of carbonyl (C=O) groups is 1. The maximum Gasteiger partial charge on any atom is 0.266 e. The molecule has 2 N–H and O–H groups in total. The molecule has 4 rings (SSSR count). The summed E-state index contributed by atoms with van der Waals surface area (Å²) in [4.78, 5) is 20.7. The molecule has 1 aliphatic rings. The SMILES string of the molecule is COc1ccc(-c2ccc3c(N)c(C(=O)N4CCCC4)sc3n2)cc1. The highest BCUT2D eigenvalue weighted by Gasteiger charge is 2.24. The van der Waals surface area contributed by atoms with E-state index in [1.165, 1.54) is 11.3 Å². The zero-order chi connectivity index (χ0) is 17.4. The molecule has 1 amide bonds. The van der Waals surface area contributed by atoms with Crippen LogP contribution in [0.5, 0.6) is 5.75 Å². The fourth-order valence-corrected chi connectivity index (χ4v) is 4.20. The summed E-state index contributed by atoms with van der Waals surface area (Å²) in [6, 6.07) is 11.7. The number of nitrogen functional groups attached to an aromatic ring is 1. The lowest BCUT2D eigenvalue weighted by molar-refractivity contribution is 0.0798. The Morgan fingerprint density at radius 2 is 1.88 bits per heavy atom. The van der Waals surface area contributed by atoms with Gasteiger partial charge in [0.2, 0.25) is 0 Å². The van der Waals surface area contributed by atoms with Gasteiger partial charge in [-0.05, 0) is 49.2 Å². The van der Waals surface area contributed by atoms with E-state index in [1.807, 2.05) is 41.3 Å². The first-order chi connectivity index (χ1) is 12.2. The maximum atomic E-state index is 12.7. The number of pyridine rings is 1.